The van der Waals surface area contributed by atoms with E-state index < -0.39 is 17.7 Å². The van der Waals surface area contributed by atoms with Crippen molar-refractivity contribution >= 4 is 34.9 Å². The van der Waals surface area contributed by atoms with Gasteiger partial charge in [0.1, 0.15) is 11.4 Å². The van der Waals surface area contributed by atoms with Crippen molar-refractivity contribution in [3.8, 4) is 0 Å². The van der Waals surface area contributed by atoms with Crippen LogP contribution in [0.15, 0.2) is 48.5 Å². The summed E-state index contributed by atoms with van der Waals surface area (Å²) in [6, 6.07) is 13.2. The summed E-state index contributed by atoms with van der Waals surface area (Å²) in [5, 5.41) is 8.77. The van der Waals surface area contributed by atoms with Crippen molar-refractivity contribution in [3.63, 3.8) is 0 Å². The summed E-state index contributed by atoms with van der Waals surface area (Å²) in [6.07, 6.45) is 2.58. The van der Waals surface area contributed by atoms with Crippen molar-refractivity contribution in [3.05, 3.63) is 65.5 Å². The van der Waals surface area contributed by atoms with Crippen LogP contribution in [0.25, 0.3) is 17.1 Å². The van der Waals surface area contributed by atoms with Crippen molar-refractivity contribution in [2.75, 3.05) is 19.0 Å². The molecule has 0 bridgehead atoms. The fourth-order valence-corrected chi connectivity index (χ4v) is 3.12. The number of carboxylic acids is 1. The Hall–Kier alpha value is -3.61. The topological polar surface area (TPSA) is 84.7 Å². The number of carbonyl (C=O) groups excluding carboxylic acids is 1. The molecule has 0 fully saturated rings. The number of benzene rings is 2. The standard InChI is InChI=1S/C24H27N3O4/c1-24(2,3)31-23(30)27-20-12-11-18(26(4)5)15-19(20)25-21(27)14-17-8-6-16(7-9-17)10-13-22(28)29/h6-13,15H,14H2,1-5H3,(H,28,29)/b13-10+. The first-order chi connectivity index (χ1) is 14.5. The molecule has 0 spiro atoms. The highest BCUT2D eigenvalue weighted by Crippen LogP contribution is 2.25. The number of aromatic nitrogens is 2. The average Bonchev–Trinajstić information content (AvgIpc) is 3.03. The monoisotopic (exact) mass is 421 g/mol. The van der Waals surface area contributed by atoms with E-state index in [4.69, 9.17) is 14.8 Å². The van der Waals surface area contributed by atoms with Gasteiger partial charge in [-0.1, -0.05) is 24.3 Å². The van der Waals surface area contributed by atoms with Crippen LogP contribution in [0.4, 0.5) is 10.5 Å². The molecule has 0 radical (unpaired) electrons. The summed E-state index contributed by atoms with van der Waals surface area (Å²) in [7, 11) is 3.90. The van der Waals surface area contributed by atoms with Crippen molar-refractivity contribution in [1.29, 1.82) is 0 Å². The largest absolute Gasteiger partial charge is 0.478 e. The van der Waals surface area contributed by atoms with Gasteiger partial charge in [-0.3, -0.25) is 0 Å². The van der Waals surface area contributed by atoms with Crippen LogP contribution in [0.3, 0.4) is 0 Å². The molecule has 3 rings (SSSR count). The van der Waals surface area contributed by atoms with E-state index in [0.717, 1.165) is 22.9 Å². The predicted octanol–water partition coefficient (Wildman–Crippen LogP) is 4.57. The Kier molecular flexibility index (Phi) is 6.15. The van der Waals surface area contributed by atoms with E-state index in [9.17, 15) is 9.59 Å². The fourth-order valence-electron chi connectivity index (χ4n) is 3.12. The van der Waals surface area contributed by atoms with Crippen LogP contribution in [0.5, 0.6) is 0 Å². The Bertz CT molecular complexity index is 1140. The summed E-state index contributed by atoms with van der Waals surface area (Å²) < 4.78 is 7.15. The lowest BCUT2D eigenvalue weighted by Gasteiger charge is -2.20. The lowest BCUT2D eigenvalue weighted by molar-refractivity contribution is -0.131. The first-order valence-corrected chi connectivity index (χ1v) is 9.95. The van der Waals surface area contributed by atoms with Crippen LogP contribution in [0.2, 0.25) is 0 Å². The van der Waals surface area contributed by atoms with Crippen LogP contribution >= 0.6 is 0 Å². The van der Waals surface area contributed by atoms with Gasteiger partial charge in [0, 0.05) is 32.3 Å². The molecule has 0 aliphatic carbocycles. The van der Waals surface area contributed by atoms with Gasteiger partial charge in [0.15, 0.2) is 0 Å². The van der Waals surface area contributed by atoms with Gasteiger partial charge in [0.05, 0.1) is 11.0 Å². The molecule has 0 amide bonds. The summed E-state index contributed by atoms with van der Waals surface area (Å²) in [4.78, 5) is 30.4. The fraction of sp³-hybridized carbons (Fsp3) is 0.292. The minimum Gasteiger partial charge on any atom is -0.478 e. The molecule has 0 atom stereocenters. The summed E-state index contributed by atoms with van der Waals surface area (Å²) in [6.45, 7) is 5.49. The lowest BCUT2D eigenvalue weighted by atomic mass is 10.1. The maximum Gasteiger partial charge on any atom is 0.420 e. The molecule has 7 heteroatoms. The predicted molar refractivity (Wildman–Crippen MR) is 122 cm³/mol. The lowest BCUT2D eigenvalue weighted by Crippen LogP contribution is -2.28. The molecule has 1 N–H and O–H groups in total. The van der Waals surface area contributed by atoms with Gasteiger partial charge in [0.2, 0.25) is 0 Å². The quantitative estimate of drug-likeness (QED) is 0.607. The zero-order valence-electron chi connectivity index (χ0n) is 18.4. The van der Waals surface area contributed by atoms with Crippen LogP contribution in [0.1, 0.15) is 37.7 Å². The molecule has 7 nitrogen and oxygen atoms in total. The number of rotatable bonds is 5. The van der Waals surface area contributed by atoms with Crippen LogP contribution < -0.4 is 4.90 Å². The normalized spacial score (nSPS) is 11.8. The number of imidazole rings is 1. The second-order valence-electron chi connectivity index (χ2n) is 8.50. The summed E-state index contributed by atoms with van der Waals surface area (Å²) in [5.74, 6) is -0.416. The smallest absolute Gasteiger partial charge is 0.420 e. The Labute approximate surface area is 181 Å². The summed E-state index contributed by atoms with van der Waals surface area (Å²) >= 11 is 0. The molecule has 2 aromatic carbocycles. The zero-order valence-corrected chi connectivity index (χ0v) is 18.4. The Morgan fingerprint density at radius 3 is 2.39 bits per heavy atom. The molecule has 3 aromatic rings. The molecular formula is C24H27N3O4. The number of hydrogen-bond donors (Lipinski definition) is 1. The molecular weight excluding hydrogens is 394 g/mol. The number of aliphatic carboxylic acids is 1. The van der Waals surface area contributed by atoms with Crippen molar-refractivity contribution in [2.24, 2.45) is 0 Å². The first-order valence-electron chi connectivity index (χ1n) is 9.95. The maximum absolute atomic E-state index is 13.0. The van der Waals surface area contributed by atoms with E-state index in [0.29, 0.717) is 23.3 Å². The highest BCUT2D eigenvalue weighted by Gasteiger charge is 2.23. The van der Waals surface area contributed by atoms with E-state index in [1.165, 1.54) is 10.6 Å². The van der Waals surface area contributed by atoms with E-state index in [2.05, 4.69) is 0 Å². The molecule has 162 valence electrons. The molecule has 0 aliphatic rings. The average molecular weight is 421 g/mol. The van der Waals surface area contributed by atoms with Crippen LogP contribution in [0, 0.1) is 0 Å². The third kappa shape index (κ3) is 5.51. The highest BCUT2D eigenvalue weighted by molar-refractivity contribution is 5.89. The SMILES string of the molecule is CN(C)c1ccc2c(c1)nc(Cc1ccc(/C=C/C(=O)O)cc1)n2C(=O)OC(C)(C)C. The van der Waals surface area contributed by atoms with Crippen molar-refractivity contribution in [1.82, 2.24) is 9.55 Å². The molecule has 1 aromatic heterocycles. The molecule has 31 heavy (non-hydrogen) atoms. The number of hydrogen-bond acceptors (Lipinski definition) is 5. The van der Waals surface area contributed by atoms with Gasteiger partial charge in [-0.2, -0.15) is 0 Å². The number of fused-ring (bicyclic) bond motifs is 1. The van der Waals surface area contributed by atoms with Gasteiger partial charge >= 0.3 is 12.1 Å². The Morgan fingerprint density at radius 1 is 1.13 bits per heavy atom. The molecule has 0 saturated carbocycles. The van der Waals surface area contributed by atoms with E-state index >= 15 is 0 Å². The number of carbonyl (C=O) groups is 2. The van der Waals surface area contributed by atoms with Gasteiger partial charge < -0.3 is 14.7 Å². The second-order valence-corrected chi connectivity index (χ2v) is 8.50. The maximum atomic E-state index is 13.0. The van der Waals surface area contributed by atoms with Crippen LogP contribution in [-0.2, 0) is 16.0 Å². The Balaban J connectivity index is 2.00. The first kappa shape index (κ1) is 22.1. The third-order valence-electron chi connectivity index (χ3n) is 4.56. The highest BCUT2D eigenvalue weighted by atomic mass is 16.6. The minimum absolute atomic E-state index is 0.425. The van der Waals surface area contributed by atoms with Gasteiger partial charge in [0.25, 0.3) is 0 Å². The van der Waals surface area contributed by atoms with E-state index in [1.54, 1.807) is 0 Å². The van der Waals surface area contributed by atoms with Gasteiger partial charge in [-0.05, 0) is 56.2 Å². The zero-order chi connectivity index (χ0) is 22.8. The van der Waals surface area contributed by atoms with Crippen LogP contribution in [-0.4, -0.2) is 46.4 Å². The minimum atomic E-state index is -0.993. The van der Waals surface area contributed by atoms with Crippen molar-refractivity contribution < 1.29 is 19.4 Å². The van der Waals surface area contributed by atoms with Crippen molar-refractivity contribution in [2.45, 2.75) is 32.8 Å². The summed E-state index contributed by atoms with van der Waals surface area (Å²) in [5.41, 5.74) is 3.49. The number of ether oxygens (including phenoxy) is 1. The Morgan fingerprint density at radius 2 is 1.81 bits per heavy atom. The second kappa shape index (κ2) is 8.63. The molecule has 1 heterocycles. The molecule has 0 unspecified atom stereocenters. The molecule has 0 saturated heterocycles. The van der Waals surface area contributed by atoms with E-state index in [1.807, 2.05) is 82.2 Å². The number of carboxylic acid groups (broad SMARTS) is 1. The number of nitrogens with zero attached hydrogens (tertiary/aromatic N) is 3. The van der Waals surface area contributed by atoms with Gasteiger partial charge in [-0.25, -0.2) is 19.1 Å². The van der Waals surface area contributed by atoms with E-state index in [-0.39, 0.29) is 0 Å². The third-order valence-corrected chi connectivity index (χ3v) is 4.56. The molecule has 0 aliphatic heterocycles. The number of anilines is 1. The van der Waals surface area contributed by atoms with Gasteiger partial charge in [-0.15, -0.1) is 0 Å².